The van der Waals surface area contributed by atoms with Crippen molar-refractivity contribution in [1.82, 2.24) is 4.90 Å². The van der Waals surface area contributed by atoms with E-state index in [4.69, 9.17) is 11.6 Å². The van der Waals surface area contributed by atoms with E-state index < -0.39 is 6.04 Å². The molecule has 0 radical (unpaired) electrons. The first kappa shape index (κ1) is 15.3. The van der Waals surface area contributed by atoms with E-state index in [9.17, 15) is 9.59 Å². The molecule has 2 amide bonds. The van der Waals surface area contributed by atoms with Crippen LogP contribution in [0.1, 0.15) is 26.7 Å². The number of amides is 2. The average molecular weight is 360 g/mol. The van der Waals surface area contributed by atoms with Crippen LogP contribution < -0.4 is 5.32 Å². The van der Waals surface area contributed by atoms with E-state index in [1.54, 1.807) is 18.2 Å². The molecule has 0 aromatic heterocycles. The van der Waals surface area contributed by atoms with Crippen LogP contribution in [-0.2, 0) is 9.59 Å². The Morgan fingerprint density at radius 1 is 1.50 bits per heavy atom. The van der Waals surface area contributed by atoms with Crippen LogP contribution in [0.15, 0.2) is 22.7 Å². The molecule has 2 atom stereocenters. The summed E-state index contributed by atoms with van der Waals surface area (Å²) in [6.07, 6.45) is 0.938. The van der Waals surface area contributed by atoms with Crippen molar-refractivity contribution in [2.75, 3.05) is 5.32 Å². The first-order chi connectivity index (χ1) is 9.43. The molecule has 108 valence electrons. The lowest BCUT2D eigenvalue weighted by atomic mass is 10.2. The lowest BCUT2D eigenvalue weighted by Crippen LogP contribution is -2.40. The Bertz CT molecular complexity index is 550. The summed E-state index contributed by atoms with van der Waals surface area (Å²) in [5, 5.41) is 3.67. The van der Waals surface area contributed by atoms with Crippen molar-refractivity contribution in [3.8, 4) is 0 Å². The van der Waals surface area contributed by atoms with E-state index >= 15 is 0 Å². The molecule has 1 N–H and O–H groups in total. The monoisotopic (exact) mass is 358 g/mol. The Labute approximate surface area is 131 Å². The summed E-state index contributed by atoms with van der Waals surface area (Å²) >= 11 is 9.35. The standard InChI is InChI=1S/C14H16BrClN2O2/c1-3-8(2)18-13(19)7-12(14(18)20)17-11-6-9(16)4-5-10(11)15/h4-6,8,12,17H,3,7H2,1-2H3. The summed E-state index contributed by atoms with van der Waals surface area (Å²) in [5.41, 5.74) is 0.717. The molecule has 0 bridgehead atoms. The summed E-state index contributed by atoms with van der Waals surface area (Å²) < 4.78 is 0.809. The molecule has 1 aromatic rings. The number of nitrogens with one attached hydrogen (secondary N) is 1. The van der Waals surface area contributed by atoms with Gasteiger partial charge in [0.2, 0.25) is 5.91 Å². The molecular formula is C14H16BrClN2O2. The van der Waals surface area contributed by atoms with Gasteiger partial charge in [0, 0.05) is 15.5 Å². The van der Waals surface area contributed by atoms with Gasteiger partial charge in [-0.05, 0) is 47.5 Å². The SMILES string of the molecule is CCC(C)N1C(=O)CC(Nc2cc(Cl)ccc2Br)C1=O. The topological polar surface area (TPSA) is 49.4 Å². The number of nitrogens with zero attached hydrogens (tertiary/aromatic N) is 1. The minimum atomic E-state index is -0.522. The number of halogens is 2. The highest BCUT2D eigenvalue weighted by molar-refractivity contribution is 9.10. The maximum absolute atomic E-state index is 12.3. The molecule has 1 fully saturated rings. The van der Waals surface area contributed by atoms with Gasteiger partial charge >= 0.3 is 0 Å². The van der Waals surface area contributed by atoms with Crippen molar-refractivity contribution in [1.29, 1.82) is 0 Å². The Hall–Kier alpha value is -1.07. The molecule has 2 unspecified atom stereocenters. The molecule has 0 aliphatic carbocycles. The van der Waals surface area contributed by atoms with Crippen molar-refractivity contribution in [2.24, 2.45) is 0 Å². The van der Waals surface area contributed by atoms with E-state index in [1.807, 2.05) is 13.8 Å². The molecule has 1 aromatic carbocycles. The van der Waals surface area contributed by atoms with Gasteiger partial charge in [0.1, 0.15) is 6.04 Å². The number of carbonyl (C=O) groups excluding carboxylic acids is 2. The van der Waals surface area contributed by atoms with E-state index in [1.165, 1.54) is 4.90 Å². The maximum atomic E-state index is 12.3. The number of anilines is 1. The molecular weight excluding hydrogens is 344 g/mol. The van der Waals surface area contributed by atoms with E-state index in [2.05, 4.69) is 21.2 Å². The fourth-order valence-corrected chi connectivity index (χ4v) is 2.74. The normalized spacial score (nSPS) is 20.4. The van der Waals surface area contributed by atoms with Crippen LogP contribution in [0.5, 0.6) is 0 Å². The van der Waals surface area contributed by atoms with Crippen LogP contribution in [-0.4, -0.2) is 28.8 Å². The number of rotatable bonds is 4. The van der Waals surface area contributed by atoms with Gasteiger partial charge in [-0.15, -0.1) is 0 Å². The van der Waals surface area contributed by atoms with Gasteiger partial charge in [0.05, 0.1) is 12.1 Å². The molecule has 0 spiro atoms. The van der Waals surface area contributed by atoms with Crippen LogP contribution in [0.4, 0.5) is 5.69 Å². The molecule has 6 heteroatoms. The van der Waals surface area contributed by atoms with Gasteiger partial charge in [0.15, 0.2) is 0 Å². The van der Waals surface area contributed by atoms with Crippen molar-refractivity contribution in [2.45, 2.75) is 38.8 Å². The van der Waals surface area contributed by atoms with E-state index in [0.717, 1.165) is 16.6 Å². The molecule has 1 aliphatic rings. The predicted octanol–water partition coefficient (Wildman–Crippen LogP) is 3.44. The summed E-state index contributed by atoms with van der Waals surface area (Å²) in [6.45, 7) is 3.84. The Morgan fingerprint density at radius 3 is 2.85 bits per heavy atom. The zero-order valence-corrected chi connectivity index (χ0v) is 13.7. The molecule has 1 aliphatic heterocycles. The third kappa shape index (κ3) is 2.99. The van der Waals surface area contributed by atoms with E-state index in [0.29, 0.717) is 5.02 Å². The summed E-state index contributed by atoms with van der Waals surface area (Å²) in [6, 6.07) is 4.70. The van der Waals surface area contributed by atoms with E-state index in [-0.39, 0.29) is 24.3 Å². The zero-order chi connectivity index (χ0) is 14.9. The fraction of sp³-hybridized carbons (Fsp3) is 0.429. The second-order valence-corrected chi connectivity index (χ2v) is 6.18. The third-order valence-electron chi connectivity index (χ3n) is 3.47. The smallest absolute Gasteiger partial charge is 0.252 e. The molecule has 4 nitrogen and oxygen atoms in total. The number of benzene rings is 1. The van der Waals surface area contributed by atoms with Gasteiger partial charge in [-0.2, -0.15) is 0 Å². The quantitative estimate of drug-likeness (QED) is 0.838. The number of imide groups is 1. The van der Waals surface area contributed by atoms with Gasteiger partial charge in [-0.25, -0.2) is 0 Å². The van der Waals surface area contributed by atoms with Crippen LogP contribution in [0.25, 0.3) is 0 Å². The highest BCUT2D eigenvalue weighted by Gasteiger charge is 2.40. The van der Waals surface area contributed by atoms with Crippen LogP contribution >= 0.6 is 27.5 Å². The van der Waals surface area contributed by atoms with Crippen molar-refractivity contribution in [3.63, 3.8) is 0 Å². The van der Waals surface area contributed by atoms with Crippen molar-refractivity contribution in [3.05, 3.63) is 27.7 Å². The Kier molecular flexibility index (Phi) is 4.70. The van der Waals surface area contributed by atoms with Crippen molar-refractivity contribution < 1.29 is 9.59 Å². The lowest BCUT2D eigenvalue weighted by Gasteiger charge is -2.22. The number of carbonyl (C=O) groups is 2. The predicted molar refractivity (Wildman–Crippen MR) is 82.8 cm³/mol. The fourth-order valence-electron chi connectivity index (χ4n) is 2.21. The highest BCUT2D eigenvalue weighted by atomic mass is 79.9. The number of hydrogen-bond donors (Lipinski definition) is 1. The Morgan fingerprint density at radius 2 is 2.20 bits per heavy atom. The molecule has 1 heterocycles. The second-order valence-electron chi connectivity index (χ2n) is 4.88. The minimum absolute atomic E-state index is 0.0652. The first-order valence-electron chi connectivity index (χ1n) is 6.51. The lowest BCUT2D eigenvalue weighted by molar-refractivity contribution is -0.140. The van der Waals surface area contributed by atoms with Crippen LogP contribution in [0.3, 0.4) is 0 Å². The van der Waals surface area contributed by atoms with Crippen LogP contribution in [0.2, 0.25) is 5.02 Å². The van der Waals surface area contributed by atoms with Gasteiger partial charge in [-0.3, -0.25) is 14.5 Å². The summed E-state index contributed by atoms with van der Waals surface area (Å²) in [7, 11) is 0. The van der Waals surface area contributed by atoms with Crippen molar-refractivity contribution >= 4 is 45.0 Å². The minimum Gasteiger partial charge on any atom is -0.372 e. The van der Waals surface area contributed by atoms with Crippen LogP contribution in [0, 0.1) is 0 Å². The van der Waals surface area contributed by atoms with Gasteiger partial charge in [0.25, 0.3) is 5.91 Å². The van der Waals surface area contributed by atoms with Gasteiger partial charge in [-0.1, -0.05) is 18.5 Å². The number of hydrogen-bond acceptors (Lipinski definition) is 3. The molecule has 20 heavy (non-hydrogen) atoms. The van der Waals surface area contributed by atoms with Gasteiger partial charge < -0.3 is 5.32 Å². The molecule has 2 rings (SSSR count). The average Bonchev–Trinajstić information content (AvgIpc) is 2.68. The largest absolute Gasteiger partial charge is 0.372 e. The molecule has 1 saturated heterocycles. The molecule has 0 saturated carbocycles. The highest BCUT2D eigenvalue weighted by Crippen LogP contribution is 2.29. The summed E-state index contributed by atoms with van der Waals surface area (Å²) in [5.74, 6) is -0.295. The maximum Gasteiger partial charge on any atom is 0.252 e. The summed E-state index contributed by atoms with van der Waals surface area (Å²) in [4.78, 5) is 25.6. The number of likely N-dealkylation sites (tertiary alicyclic amines) is 1. The first-order valence-corrected chi connectivity index (χ1v) is 7.68. The second kappa shape index (κ2) is 6.14. The third-order valence-corrected chi connectivity index (χ3v) is 4.40. The Balaban J connectivity index is 2.17. The zero-order valence-electron chi connectivity index (χ0n) is 11.3.